The van der Waals surface area contributed by atoms with Crippen LogP contribution in [0.1, 0.15) is 11.1 Å². The Hall–Kier alpha value is -2.99. The SMILES string of the molecule is COc1cccc(CN(c2cccc(OC)c2)S(=O)(=O)c2ccc(C)cc2)c1. The molecule has 0 spiro atoms. The first kappa shape index (κ1) is 19.8. The smallest absolute Gasteiger partial charge is 0.264 e. The number of sulfonamides is 1. The third kappa shape index (κ3) is 4.28. The summed E-state index contributed by atoms with van der Waals surface area (Å²) in [5.74, 6) is 1.27. The van der Waals surface area contributed by atoms with Crippen molar-refractivity contribution >= 4 is 15.7 Å². The van der Waals surface area contributed by atoms with Crippen LogP contribution in [0.3, 0.4) is 0 Å². The Morgan fingerprint density at radius 3 is 2.07 bits per heavy atom. The summed E-state index contributed by atoms with van der Waals surface area (Å²) in [6.07, 6.45) is 0. The van der Waals surface area contributed by atoms with E-state index in [1.54, 1.807) is 62.8 Å². The van der Waals surface area contributed by atoms with Crippen LogP contribution in [0, 0.1) is 6.92 Å². The number of hydrogen-bond donors (Lipinski definition) is 0. The van der Waals surface area contributed by atoms with E-state index >= 15 is 0 Å². The highest BCUT2D eigenvalue weighted by Gasteiger charge is 2.25. The molecule has 3 aromatic rings. The molecule has 5 nitrogen and oxygen atoms in total. The second kappa shape index (κ2) is 8.35. The average molecular weight is 397 g/mol. The van der Waals surface area contributed by atoms with E-state index < -0.39 is 10.0 Å². The van der Waals surface area contributed by atoms with Crippen molar-refractivity contribution < 1.29 is 17.9 Å². The molecule has 0 N–H and O–H groups in total. The minimum absolute atomic E-state index is 0.167. The lowest BCUT2D eigenvalue weighted by Gasteiger charge is -2.25. The first-order valence-electron chi connectivity index (χ1n) is 8.80. The van der Waals surface area contributed by atoms with Gasteiger partial charge in [0.15, 0.2) is 0 Å². The molecule has 0 amide bonds. The van der Waals surface area contributed by atoms with Crippen molar-refractivity contribution in [3.05, 3.63) is 83.9 Å². The summed E-state index contributed by atoms with van der Waals surface area (Å²) in [5, 5.41) is 0. The predicted molar refractivity (Wildman–Crippen MR) is 111 cm³/mol. The molecule has 3 rings (SSSR count). The number of nitrogens with zero attached hydrogens (tertiary/aromatic N) is 1. The van der Waals surface area contributed by atoms with Crippen LogP contribution in [0.5, 0.6) is 11.5 Å². The third-order valence-corrected chi connectivity index (χ3v) is 6.20. The highest BCUT2D eigenvalue weighted by atomic mass is 32.2. The lowest BCUT2D eigenvalue weighted by atomic mass is 10.2. The number of aryl methyl sites for hydroxylation is 1. The molecule has 0 radical (unpaired) electrons. The highest BCUT2D eigenvalue weighted by molar-refractivity contribution is 7.92. The molecule has 0 saturated carbocycles. The van der Waals surface area contributed by atoms with Crippen molar-refractivity contribution in [3.8, 4) is 11.5 Å². The molecule has 146 valence electrons. The topological polar surface area (TPSA) is 55.8 Å². The van der Waals surface area contributed by atoms with Gasteiger partial charge in [0.25, 0.3) is 10.0 Å². The van der Waals surface area contributed by atoms with Gasteiger partial charge in [-0.2, -0.15) is 0 Å². The van der Waals surface area contributed by atoms with Gasteiger partial charge < -0.3 is 9.47 Å². The van der Waals surface area contributed by atoms with Crippen LogP contribution in [-0.2, 0) is 16.6 Å². The van der Waals surface area contributed by atoms with Crippen LogP contribution in [0.15, 0.2) is 77.7 Å². The maximum atomic E-state index is 13.5. The fraction of sp³-hybridized carbons (Fsp3) is 0.182. The van der Waals surface area contributed by atoms with Crippen LogP contribution in [0.4, 0.5) is 5.69 Å². The molecule has 0 atom stereocenters. The van der Waals surface area contributed by atoms with E-state index in [-0.39, 0.29) is 11.4 Å². The average Bonchev–Trinajstić information content (AvgIpc) is 2.72. The van der Waals surface area contributed by atoms with Gasteiger partial charge in [-0.05, 0) is 48.9 Å². The Labute approximate surface area is 166 Å². The fourth-order valence-corrected chi connectivity index (χ4v) is 4.30. The van der Waals surface area contributed by atoms with Crippen molar-refractivity contribution in [3.63, 3.8) is 0 Å². The van der Waals surface area contributed by atoms with Gasteiger partial charge in [0, 0.05) is 6.07 Å². The maximum Gasteiger partial charge on any atom is 0.264 e. The summed E-state index contributed by atoms with van der Waals surface area (Å²) in [4.78, 5) is 0.240. The summed E-state index contributed by atoms with van der Waals surface area (Å²) in [6, 6.07) is 21.3. The van der Waals surface area contributed by atoms with E-state index in [4.69, 9.17) is 9.47 Å². The number of benzene rings is 3. The monoisotopic (exact) mass is 397 g/mol. The van der Waals surface area contributed by atoms with Gasteiger partial charge in [-0.25, -0.2) is 8.42 Å². The number of methoxy groups -OCH3 is 2. The summed E-state index contributed by atoms with van der Waals surface area (Å²) >= 11 is 0. The molecule has 0 aromatic heterocycles. The van der Waals surface area contributed by atoms with Crippen molar-refractivity contribution in [1.82, 2.24) is 0 Å². The Balaban J connectivity index is 2.08. The molecule has 3 aromatic carbocycles. The molecule has 0 heterocycles. The molecule has 0 fully saturated rings. The zero-order valence-electron chi connectivity index (χ0n) is 16.1. The molecule has 0 aliphatic rings. The van der Waals surface area contributed by atoms with Crippen LogP contribution in [-0.4, -0.2) is 22.6 Å². The standard InChI is InChI=1S/C22H23NO4S/c1-17-10-12-22(13-11-17)28(24,25)23(19-7-5-9-21(15-19)27-3)16-18-6-4-8-20(14-18)26-2/h4-15H,16H2,1-3H3. The van der Waals surface area contributed by atoms with Crippen molar-refractivity contribution in [2.45, 2.75) is 18.4 Å². The molecule has 6 heteroatoms. The molecular formula is C22H23NO4S. The Bertz CT molecular complexity index is 1050. The van der Waals surface area contributed by atoms with E-state index in [1.807, 2.05) is 31.2 Å². The zero-order valence-corrected chi connectivity index (χ0v) is 16.9. The van der Waals surface area contributed by atoms with Crippen molar-refractivity contribution in [1.29, 1.82) is 0 Å². The van der Waals surface area contributed by atoms with Gasteiger partial charge >= 0.3 is 0 Å². The predicted octanol–water partition coefficient (Wildman–Crippen LogP) is 4.41. The number of ether oxygens (including phenoxy) is 2. The lowest BCUT2D eigenvalue weighted by Crippen LogP contribution is -2.30. The van der Waals surface area contributed by atoms with Crippen LogP contribution in [0.2, 0.25) is 0 Å². The van der Waals surface area contributed by atoms with Gasteiger partial charge in [0.05, 0.1) is 31.3 Å². The van der Waals surface area contributed by atoms with Crippen LogP contribution in [0.25, 0.3) is 0 Å². The minimum atomic E-state index is -3.78. The lowest BCUT2D eigenvalue weighted by molar-refractivity contribution is 0.414. The largest absolute Gasteiger partial charge is 0.497 e. The summed E-state index contributed by atoms with van der Waals surface area (Å²) < 4.78 is 38.9. The molecule has 0 saturated heterocycles. The fourth-order valence-electron chi connectivity index (χ4n) is 2.85. The van der Waals surface area contributed by atoms with Crippen LogP contribution >= 0.6 is 0 Å². The van der Waals surface area contributed by atoms with E-state index in [0.29, 0.717) is 17.2 Å². The molecule has 0 bridgehead atoms. The maximum absolute atomic E-state index is 13.5. The molecule has 28 heavy (non-hydrogen) atoms. The van der Waals surface area contributed by atoms with Gasteiger partial charge in [-0.15, -0.1) is 0 Å². The molecule has 0 unspecified atom stereocenters. The van der Waals surface area contributed by atoms with Crippen molar-refractivity contribution in [2.75, 3.05) is 18.5 Å². The molecule has 0 aliphatic heterocycles. The van der Waals surface area contributed by atoms with E-state index in [2.05, 4.69) is 0 Å². The Morgan fingerprint density at radius 2 is 1.43 bits per heavy atom. The molecule has 0 aliphatic carbocycles. The number of anilines is 1. The first-order chi connectivity index (χ1) is 13.4. The zero-order chi connectivity index (χ0) is 20.1. The first-order valence-corrected chi connectivity index (χ1v) is 10.2. The second-order valence-corrected chi connectivity index (χ2v) is 8.24. The third-order valence-electron chi connectivity index (χ3n) is 4.41. The van der Waals surface area contributed by atoms with Gasteiger partial charge in [0.1, 0.15) is 11.5 Å². The minimum Gasteiger partial charge on any atom is -0.497 e. The number of rotatable bonds is 7. The van der Waals surface area contributed by atoms with Gasteiger partial charge in [-0.1, -0.05) is 35.9 Å². The van der Waals surface area contributed by atoms with E-state index in [9.17, 15) is 8.42 Å². The van der Waals surface area contributed by atoms with Gasteiger partial charge in [-0.3, -0.25) is 4.31 Å². The number of hydrogen-bond acceptors (Lipinski definition) is 4. The summed E-state index contributed by atoms with van der Waals surface area (Å²) in [5.41, 5.74) is 2.35. The Kier molecular flexibility index (Phi) is 5.90. The summed E-state index contributed by atoms with van der Waals surface area (Å²) in [7, 11) is -0.636. The Morgan fingerprint density at radius 1 is 0.821 bits per heavy atom. The van der Waals surface area contributed by atoms with E-state index in [1.165, 1.54) is 4.31 Å². The normalized spacial score (nSPS) is 11.1. The van der Waals surface area contributed by atoms with E-state index in [0.717, 1.165) is 11.1 Å². The second-order valence-electron chi connectivity index (χ2n) is 6.38. The molecular weight excluding hydrogens is 374 g/mol. The van der Waals surface area contributed by atoms with Gasteiger partial charge in [0.2, 0.25) is 0 Å². The van der Waals surface area contributed by atoms with Crippen LogP contribution < -0.4 is 13.8 Å². The van der Waals surface area contributed by atoms with Crippen molar-refractivity contribution in [2.24, 2.45) is 0 Å². The summed E-state index contributed by atoms with van der Waals surface area (Å²) in [6.45, 7) is 2.09. The quantitative estimate of drug-likeness (QED) is 0.593. The highest BCUT2D eigenvalue weighted by Crippen LogP contribution is 2.29.